The zero-order chi connectivity index (χ0) is 12.5. The number of rotatable bonds is 2. The highest BCUT2D eigenvalue weighted by Gasteiger charge is 2.20. The minimum atomic E-state index is -0.207. The van der Waals surface area contributed by atoms with Crippen LogP contribution in [-0.2, 0) is 12.8 Å². The van der Waals surface area contributed by atoms with Crippen molar-refractivity contribution < 1.29 is 4.39 Å². The van der Waals surface area contributed by atoms with Crippen LogP contribution in [-0.4, -0.2) is 6.04 Å². The second-order valence-corrected chi connectivity index (χ2v) is 5.51. The fourth-order valence-corrected chi connectivity index (χ4v) is 2.88. The first-order valence-corrected chi connectivity index (χ1v) is 6.80. The Balaban J connectivity index is 1.74. The Kier molecular flexibility index (Phi) is 3.08. The molecule has 2 aromatic rings. The molecule has 0 aromatic heterocycles. The third kappa shape index (κ3) is 2.27. The van der Waals surface area contributed by atoms with Gasteiger partial charge in [-0.2, -0.15) is 0 Å². The lowest BCUT2D eigenvalue weighted by atomic mass is 10.0. The average molecular weight is 306 g/mol. The first kappa shape index (κ1) is 11.7. The maximum absolute atomic E-state index is 13.2. The molecule has 0 fully saturated rings. The molecule has 1 aliphatic rings. The van der Waals surface area contributed by atoms with Gasteiger partial charge in [0.25, 0.3) is 0 Å². The molecule has 0 radical (unpaired) electrons. The molecule has 3 rings (SSSR count). The minimum absolute atomic E-state index is 0.207. The van der Waals surface area contributed by atoms with Crippen LogP contribution in [0.2, 0.25) is 0 Å². The lowest BCUT2D eigenvalue weighted by molar-refractivity contribution is 0.619. The van der Waals surface area contributed by atoms with E-state index in [1.165, 1.54) is 17.3 Å². The maximum Gasteiger partial charge on any atom is 0.137 e. The summed E-state index contributed by atoms with van der Waals surface area (Å²) in [4.78, 5) is 0. The van der Waals surface area contributed by atoms with Crippen molar-refractivity contribution in [3.05, 3.63) is 63.9 Å². The summed E-state index contributed by atoms with van der Waals surface area (Å²) in [6.07, 6.45) is 1.94. The van der Waals surface area contributed by atoms with Gasteiger partial charge in [0.15, 0.2) is 0 Å². The van der Waals surface area contributed by atoms with E-state index in [1.807, 2.05) is 18.2 Å². The van der Waals surface area contributed by atoms with E-state index in [-0.39, 0.29) is 5.82 Å². The number of hydrogen-bond donors (Lipinski definition) is 1. The van der Waals surface area contributed by atoms with Crippen LogP contribution in [0.5, 0.6) is 0 Å². The van der Waals surface area contributed by atoms with Gasteiger partial charge in [0.1, 0.15) is 5.82 Å². The summed E-state index contributed by atoms with van der Waals surface area (Å²) in [5, 5.41) is 3.51. The SMILES string of the molecule is Fc1ccc(CC2Cc3ccccc3N2)cc1Br. The summed E-state index contributed by atoms with van der Waals surface area (Å²) < 4.78 is 13.7. The molecule has 0 aliphatic carbocycles. The highest BCUT2D eigenvalue weighted by Crippen LogP contribution is 2.27. The number of para-hydroxylation sites is 1. The number of hydrogen-bond acceptors (Lipinski definition) is 1. The molecule has 92 valence electrons. The van der Waals surface area contributed by atoms with Gasteiger partial charge >= 0.3 is 0 Å². The third-order valence-corrected chi connectivity index (χ3v) is 3.92. The number of nitrogens with one attached hydrogen (secondary N) is 1. The lowest BCUT2D eigenvalue weighted by Crippen LogP contribution is -2.18. The van der Waals surface area contributed by atoms with E-state index >= 15 is 0 Å². The molecule has 1 atom stereocenters. The highest BCUT2D eigenvalue weighted by molar-refractivity contribution is 9.10. The van der Waals surface area contributed by atoms with E-state index in [0.29, 0.717) is 10.5 Å². The van der Waals surface area contributed by atoms with E-state index in [2.05, 4.69) is 39.4 Å². The Morgan fingerprint density at radius 3 is 2.83 bits per heavy atom. The van der Waals surface area contributed by atoms with Crippen LogP contribution in [0.1, 0.15) is 11.1 Å². The zero-order valence-corrected chi connectivity index (χ0v) is 11.4. The topological polar surface area (TPSA) is 12.0 Å². The van der Waals surface area contributed by atoms with Gasteiger partial charge in [0, 0.05) is 11.7 Å². The van der Waals surface area contributed by atoms with E-state index in [1.54, 1.807) is 0 Å². The van der Waals surface area contributed by atoms with Crippen molar-refractivity contribution in [2.45, 2.75) is 18.9 Å². The van der Waals surface area contributed by atoms with Crippen molar-refractivity contribution >= 4 is 21.6 Å². The van der Waals surface area contributed by atoms with Crippen LogP contribution in [0.25, 0.3) is 0 Å². The second kappa shape index (κ2) is 4.73. The fraction of sp³-hybridized carbons (Fsp3) is 0.200. The van der Waals surface area contributed by atoms with Crippen molar-refractivity contribution in [2.24, 2.45) is 0 Å². The molecule has 0 saturated carbocycles. The number of anilines is 1. The van der Waals surface area contributed by atoms with Crippen molar-refractivity contribution in [1.29, 1.82) is 0 Å². The molecular weight excluding hydrogens is 293 g/mol. The predicted molar refractivity (Wildman–Crippen MR) is 75.4 cm³/mol. The normalized spacial score (nSPS) is 17.3. The molecule has 0 bridgehead atoms. The van der Waals surface area contributed by atoms with Crippen molar-refractivity contribution in [2.75, 3.05) is 5.32 Å². The lowest BCUT2D eigenvalue weighted by Gasteiger charge is -2.11. The standard InChI is InChI=1S/C15H13BrFN/c16-13-8-10(5-6-14(13)17)7-12-9-11-3-1-2-4-15(11)18-12/h1-6,8,12,18H,7,9H2. The van der Waals surface area contributed by atoms with Crippen LogP contribution in [0.3, 0.4) is 0 Å². The average Bonchev–Trinajstić information content (AvgIpc) is 2.76. The predicted octanol–water partition coefficient (Wildman–Crippen LogP) is 4.17. The molecule has 3 heteroatoms. The Morgan fingerprint density at radius 2 is 2.06 bits per heavy atom. The minimum Gasteiger partial charge on any atom is -0.381 e. The van der Waals surface area contributed by atoms with Crippen LogP contribution in [0.15, 0.2) is 46.9 Å². The quantitative estimate of drug-likeness (QED) is 0.878. The number of benzene rings is 2. The first-order valence-electron chi connectivity index (χ1n) is 6.01. The van der Waals surface area contributed by atoms with Gasteiger partial charge in [-0.15, -0.1) is 0 Å². The maximum atomic E-state index is 13.2. The Labute approximate surface area is 114 Å². The van der Waals surface area contributed by atoms with Gasteiger partial charge in [0.2, 0.25) is 0 Å². The zero-order valence-electron chi connectivity index (χ0n) is 9.79. The number of fused-ring (bicyclic) bond motifs is 1. The van der Waals surface area contributed by atoms with Crippen molar-refractivity contribution in [3.63, 3.8) is 0 Å². The third-order valence-electron chi connectivity index (χ3n) is 3.31. The van der Waals surface area contributed by atoms with Crippen molar-refractivity contribution in [1.82, 2.24) is 0 Å². The van der Waals surface area contributed by atoms with Crippen LogP contribution >= 0.6 is 15.9 Å². The first-order chi connectivity index (χ1) is 8.72. The molecule has 1 aliphatic heterocycles. The van der Waals surface area contributed by atoms with Gasteiger partial charge < -0.3 is 5.32 Å². The van der Waals surface area contributed by atoms with Gasteiger partial charge in [-0.25, -0.2) is 4.39 Å². The molecule has 1 nitrogen and oxygen atoms in total. The van der Waals surface area contributed by atoms with Gasteiger partial charge in [-0.05, 0) is 58.1 Å². The van der Waals surface area contributed by atoms with E-state index < -0.39 is 0 Å². The molecule has 1 unspecified atom stereocenters. The van der Waals surface area contributed by atoms with E-state index in [4.69, 9.17) is 0 Å². The molecule has 0 spiro atoms. The molecular formula is C15H13BrFN. The molecule has 1 heterocycles. The smallest absolute Gasteiger partial charge is 0.137 e. The van der Waals surface area contributed by atoms with E-state index in [9.17, 15) is 4.39 Å². The Hall–Kier alpha value is -1.35. The summed E-state index contributed by atoms with van der Waals surface area (Å²) in [5.74, 6) is -0.207. The summed E-state index contributed by atoms with van der Waals surface area (Å²) in [6, 6.07) is 14.0. The summed E-state index contributed by atoms with van der Waals surface area (Å²) in [7, 11) is 0. The summed E-state index contributed by atoms with van der Waals surface area (Å²) >= 11 is 3.23. The molecule has 2 aromatic carbocycles. The molecule has 1 N–H and O–H groups in total. The van der Waals surface area contributed by atoms with Gasteiger partial charge in [0.05, 0.1) is 4.47 Å². The Bertz CT molecular complexity index is 557. The molecule has 18 heavy (non-hydrogen) atoms. The van der Waals surface area contributed by atoms with Crippen LogP contribution in [0, 0.1) is 5.82 Å². The number of halogens is 2. The van der Waals surface area contributed by atoms with Crippen LogP contribution < -0.4 is 5.32 Å². The van der Waals surface area contributed by atoms with Crippen LogP contribution in [0.4, 0.5) is 10.1 Å². The molecule has 0 saturated heterocycles. The summed E-state index contributed by atoms with van der Waals surface area (Å²) in [5.41, 5.74) is 3.74. The van der Waals surface area contributed by atoms with Crippen molar-refractivity contribution in [3.8, 4) is 0 Å². The van der Waals surface area contributed by atoms with E-state index in [0.717, 1.165) is 18.4 Å². The van der Waals surface area contributed by atoms with Gasteiger partial charge in [-0.3, -0.25) is 0 Å². The van der Waals surface area contributed by atoms with Gasteiger partial charge in [-0.1, -0.05) is 24.3 Å². The highest BCUT2D eigenvalue weighted by atomic mass is 79.9. The second-order valence-electron chi connectivity index (χ2n) is 4.66. The Morgan fingerprint density at radius 1 is 1.22 bits per heavy atom. The molecule has 0 amide bonds. The monoisotopic (exact) mass is 305 g/mol. The summed E-state index contributed by atoms with van der Waals surface area (Å²) in [6.45, 7) is 0. The largest absolute Gasteiger partial charge is 0.381 e. The fourth-order valence-electron chi connectivity index (χ4n) is 2.45.